The van der Waals surface area contributed by atoms with E-state index in [1.165, 1.54) is 45.2 Å². The maximum Gasteiger partial charge on any atom is 0.415 e. The second-order valence-corrected chi connectivity index (χ2v) is 8.81. The zero-order valence-corrected chi connectivity index (χ0v) is 20.0. The van der Waals surface area contributed by atoms with Gasteiger partial charge < -0.3 is 20.9 Å². The molecular formula is C23H34F3N3O5. The maximum atomic E-state index is 13.2. The van der Waals surface area contributed by atoms with Gasteiger partial charge in [-0.1, -0.05) is 27.7 Å². The molecule has 1 amide bonds. The first-order chi connectivity index (χ1) is 15.7. The number of carbonyl (C=O) groups is 3. The maximum absolute atomic E-state index is 13.2. The Bertz CT molecular complexity index is 828. The number of amides is 1. The van der Waals surface area contributed by atoms with Crippen molar-refractivity contribution in [2.24, 2.45) is 17.6 Å². The second kappa shape index (κ2) is 12.8. The Morgan fingerprint density at radius 2 is 1.62 bits per heavy atom. The highest BCUT2D eigenvalue weighted by molar-refractivity contribution is 5.96. The Kier molecular flexibility index (Phi) is 11.1. The molecule has 192 valence electrons. The predicted octanol–water partition coefficient (Wildman–Crippen LogP) is 2.65. The highest BCUT2D eigenvalue weighted by atomic mass is 19.4. The standard InChI is InChI=1S/C23H34F3N3O5/c1-12(2)18(27)17(30)11-10-16(29-19(13(3)4)20(31)23(24,25)26)21(32)28-15-8-6-14(7-9-15)22(33)34-5/h6-9,12-13,16,18-20,29,31H,10-11,27H2,1-5H3,(H,28,32)/t16?,18-,19?,20?/m0/s1. The largest absolute Gasteiger partial charge is 0.465 e. The van der Waals surface area contributed by atoms with E-state index in [-0.39, 0.29) is 35.8 Å². The van der Waals surface area contributed by atoms with Crippen LogP contribution in [0.5, 0.6) is 0 Å². The number of benzene rings is 1. The monoisotopic (exact) mass is 489 g/mol. The van der Waals surface area contributed by atoms with Gasteiger partial charge in [0.05, 0.1) is 24.8 Å². The number of hydrogen-bond acceptors (Lipinski definition) is 7. The molecule has 0 aromatic heterocycles. The first kappa shape index (κ1) is 29.5. The third-order valence-electron chi connectivity index (χ3n) is 5.45. The van der Waals surface area contributed by atoms with E-state index in [0.29, 0.717) is 0 Å². The molecule has 8 nitrogen and oxygen atoms in total. The molecule has 11 heteroatoms. The molecule has 0 aliphatic heterocycles. The van der Waals surface area contributed by atoms with Crippen molar-refractivity contribution in [3.8, 4) is 0 Å². The second-order valence-electron chi connectivity index (χ2n) is 8.81. The van der Waals surface area contributed by atoms with E-state index in [1.54, 1.807) is 13.8 Å². The van der Waals surface area contributed by atoms with Gasteiger partial charge in [-0.05, 0) is 42.5 Å². The Labute approximate surface area is 197 Å². The molecule has 1 aromatic rings. The summed E-state index contributed by atoms with van der Waals surface area (Å²) < 4.78 is 44.2. The van der Waals surface area contributed by atoms with Gasteiger partial charge in [-0.3, -0.25) is 14.9 Å². The van der Waals surface area contributed by atoms with Crippen molar-refractivity contribution < 1.29 is 37.4 Å². The van der Waals surface area contributed by atoms with Gasteiger partial charge in [0.2, 0.25) is 5.91 Å². The molecule has 0 heterocycles. The number of nitrogens with two attached hydrogens (primary N) is 1. The van der Waals surface area contributed by atoms with Crippen LogP contribution in [0.2, 0.25) is 0 Å². The summed E-state index contributed by atoms with van der Waals surface area (Å²) in [6, 6.07) is 2.21. The fourth-order valence-electron chi connectivity index (χ4n) is 3.24. The molecule has 5 N–H and O–H groups in total. The number of aliphatic hydroxyl groups is 1. The molecule has 3 unspecified atom stereocenters. The lowest BCUT2D eigenvalue weighted by Crippen LogP contribution is -2.56. The van der Waals surface area contributed by atoms with Gasteiger partial charge in [0.15, 0.2) is 6.10 Å². The number of carbonyl (C=O) groups excluding carboxylic acids is 3. The molecule has 0 aliphatic rings. The molecule has 0 saturated carbocycles. The Balaban J connectivity index is 3.10. The number of methoxy groups -OCH3 is 1. The van der Waals surface area contributed by atoms with Crippen LogP contribution in [-0.2, 0) is 14.3 Å². The van der Waals surface area contributed by atoms with Crippen molar-refractivity contribution in [3.63, 3.8) is 0 Å². The minimum Gasteiger partial charge on any atom is -0.465 e. The highest BCUT2D eigenvalue weighted by Crippen LogP contribution is 2.26. The third-order valence-corrected chi connectivity index (χ3v) is 5.45. The van der Waals surface area contributed by atoms with Gasteiger partial charge in [0, 0.05) is 18.2 Å². The van der Waals surface area contributed by atoms with Crippen LogP contribution in [0.25, 0.3) is 0 Å². The molecule has 0 fully saturated rings. The Morgan fingerprint density at radius 1 is 1.06 bits per heavy atom. The SMILES string of the molecule is COC(=O)c1ccc(NC(=O)C(CCC(=O)[C@@H](N)C(C)C)NC(C(C)C)C(O)C(F)(F)F)cc1. The molecular weight excluding hydrogens is 455 g/mol. The van der Waals surface area contributed by atoms with E-state index < -0.39 is 48.2 Å². The van der Waals surface area contributed by atoms with Crippen LogP contribution >= 0.6 is 0 Å². The van der Waals surface area contributed by atoms with Gasteiger partial charge in [-0.2, -0.15) is 13.2 Å². The number of halogens is 3. The molecule has 0 bridgehead atoms. The van der Waals surface area contributed by atoms with Gasteiger partial charge in [0.1, 0.15) is 5.78 Å². The van der Waals surface area contributed by atoms with Crippen molar-refractivity contribution in [1.29, 1.82) is 0 Å². The summed E-state index contributed by atoms with van der Waals surface area (Å²) in [6.07, 6.45) is -7.88. The van der Waals surface area contributed by atoms with Gasteiger partial charge in [-0.25, -0.2) is 4.79 Å². The number of aliphatic hydroxyl groups excluding tert-OH is 1. The van der Waals surface area contributed by atoms with E-state index in [9.17, 15) is 32.7 Å². The molecule has 4 atom stereocenters. The van der Waals surface area contributed by atoms with E-state index in [0.717, 1.165) is 0 Å². The third kappa shape index (κ3) is 8.69. The Hall–Kier alpha value is -2.50. The van der Waals surface area contributed by atoms with Crippen molar-refractivity contribution in [2.45, 2.75) is 70.9 Å². The van der Waals surface area contributed by atoms with Crippen LogP contribution in [0.4, 0.5) is 18.9 Å². The van der Waals surface area contributed by atoms with Crippen LogP contribution in [-0.4, -0.2) is 60.3 Å². The van der Waals surface area contributed by atoms with Crippen molar-refractivity contribution in [1.82, 2.24) is 5.32 Å². The van der Waals surface area contributed by atoms with Crippen LogP contribution in [0.15, 0.2) is 24.3 Å². The van der Waals surface area contributed by atoms with Gasteiger partial charge in [-0.15, -0.1) is 0 Å². The number of nitrogens with one attached hydrogen (secondary N) is 2. The van der Waals surface area contributed by atoms with Crippen LogP contribution in [0, 0.1) is 11.8 Å². The number of ether oxygens (including phenoxy) is 1. The first-order valence-corrected chi connectivity index (χ1v) is 11.0. The molecule has 0 spiro atoms. The van der Waals surface area contributed by atoms with Crippen molar-refractivity contribution in [2.75, 3.05) is 12.4 Å². The fourth-order valence-corrected chi connectivity index (χ4v) is 3.24. The first-order valence-electron chi connectivity index (χ1n) is 11.0. The zero-order chi connectivity index (χ0) is 26.2. The summed E-state index contributed by atoms with van der Waals surface area (Å²) in [7, 11) is 1.22. The van der Waals surface area contributed by atoms with E-state index >= 15 is 0 Å². The predicted molar refractivity (Wildman–Crippen MR) is 121 cm³/mol. The summed E-state index contributed by atoms with van der Waals surface area (Å²) in [6.45, 7) is 6.48. The lowest BCUT2D eigenvalue weighted by molar-refractivity contribution is -0.216. The van der Waals surface area contributed by atoms with Crippen LogP contribution in [0.1, 0.15) is 50.9 Å². The van der Waals surface area contributed by atoms with Crippen LogP contribution in [0.3, 0.4) is 0 Å². The number of esters is 1. The molecule has 1 rings (SSSR count). The average Bonchev–Trinajstić information content (AvgIpc) is 2.76. The highest BCUT2D eigenvalue weighted by Gasteiger charge is 2.45. The quantitative estimate of drug-likeness (QED) is 0.332. The summed E-state index contributed by atoms with van der Waals surface area (Å²) in [5, 5.41) is 15.0. The smallest absolute Gasteiger partial charge is 0.415 e. The van der Waals surface area contributed by atoms with Crippen LogP contribution < -0.4 is 16.4 Å². The summed E-state index contributed by atoms with van der Waals surface area (Å²) in [4.78, 5) is 36.9. The summed E-state index contributed by atoms with van der Waals surface area (Å²) >= 11 is 0. The van der Waals surface area contributed by atoms with Crippen molar-refractivity contribution in [3.05, 3.63) is 29.8 Å². The van der Waals surface area contributed by atoms with E-state index in [4.69, 9.17) is 5.73 Å². The number of Topliss-reactive ketones (excluding diaryl/α,β-unsaturated/α-hetero) is 1. The fraction of sp³-hybridized carbons (Fsp3) is 0.609. The van der Waals surface area contributed by atoms with Gasteiger partial charge in [0.25, 0.3) is 0 Å². The lowest BCUT2D eigenvalue weighted by atomic mass is 9.93. The Morgan fingerprint density at radius 3 is 2.06 bits per heavy atom. The number of ketones is 1. The summed E-state index contributed by atoms with van der Waals surface area (Å²) in [5.41, 5.74) is 6.38. The number of alkyl halides is 3. The zero-order valence-electron chi connectivity index (χ0n) is 20.0. The van der Waals surface area contributed by atoms with E-state index in [2.05, 4.69) is 15.4 Å². The summed E-state index contributed by atoms with van der Waals surface area (Å²) in [5.74, 6) is -2.42. The number of rotatable bonds is 12. The van der Waals surface area contributed by atoms with Crippen molar-refractivity contribution >= 4 is 23.3 Å². The van der Waals surface area contributed by atoms with E-state index in [1.807, 2.05) is 0 Å². The molecule has 0 saturated heterocycles. The minimum atomic E-state index is -4.90. The molecule has 1 aromatic carbocycles. The molecule has 0 radical (unpaired) electrons. The topological polar surface area (TPSA) is 131 Å². The number of hydrogen-bond donors (Lipinski definition) is 4. The number of anilines is 1. The normalized spacial score (nSPS) is 15.5. The molecule has 0 aliphatic carbocycles. The lowest BCUT2D eigenvalue weighted by Gasteiger charge is -2.32. The molecule has 34 heavy (non-hydrogen) atoms. The average molecular weight is 490 g/mol. The van der Waals surface area contributed by atoms with Gasteiger partial charge >= 0.3 is 12.1 Å². The minimum absolute atomic E-state index is 0.126.